The minimum atomic E-state index is -2.23. The summed E-state index contributed by atoms with van der Waals surface area (Å²) in [5.74, 6) is -1.52. The van der Waals surface area contributed by atoms with Crippen molar-refractivity contribution in [1.82, 2.24) is 9.97 Å². The van der Waals surface area contributed by atoms with Crippen molar-refractivity contribution >= 4 is 50.9 Å². The molecule has 1 aliphatic carbocycles. The molecule has 0 fully saturated rings. The monoisotopic (exact) mass is 740 g/mol. The van der Waals surface area contributed by atoms with E-state index in [-0.39, 0.29) is 65.8 Å². The van der Waals surface area contributed by atoms with Crippen molar-refractivity contribution in [3.8, 4) is 61.6 Å². The van der Waals surface area contributed by atoms with Gasteiger partial charge in [0.25, 0.3) is 0 Å². The third-order valence-corrected chi connectivity index (χ3v) is 10.1. The summed E-state index contributed by atoms with van der Waals surface area (Å²) in [6.07, 6.45) is 4.04. The van der Waals surface area contributed by atoms with Crippen LogP contribution in [0.4, 0.5) is 0 Å². The van der Waals surface area contributed by atoms with E-state index in [9.17, 15) is 30.0 Å². The zero-order valence-corrected chi connectivity index (χ0v) is 29.1. The van der Waals surface area contributed by atoms with Crippen LogP contribution in [-0.2, 0) is 0 Å². The lowest BCUT2D eigenvalue weighted by Crippen LogP contribution is -2.12. The molecular weight excluding hydrogens is 715 g/mol. The van der Waals surface area contributed by atoms with E-state index in [4.69, 9.17) is 27.6 Å². The summed E-state index contributed by atoms with van der Waals surface area (Å²) in [6, 6.07) is 23.8. The van der Waals surface area contributed by atoms with E-state index in [1.54, 1.807) is 73.2 Å². The molecule has 0 saturated carbocycles. The molecule has 53 heavy (non-hydrogen) atoms. The number of aryl methyl sites for hydroxylation is 1. The average molecular weight is 742 g/mol. The number of aliphatic hydroxyl groups is 2. The molecule has 9 nitrogen and oxygen atoms in total. The smallest absolute Gasteiger partial charge is 0.337 e. The summed E-state index contributed by atoms with van der Waals surface area (Å²) in [7, 11) is 0. The Labute approximate surface area is 311 Å². The van der Waals surface area contributed by atoms with Crippen molar-refractivity contribution in [3.63, 3.8) is 0 Å². The molecule has 3 heterocycles. The maximum Gasteiger partial charge on any atom is 0.337 e. The van der Waals surface area contributed by atoms with Crippen molar-refractivity contribution in [2.75, 3.05) is 0 Å². The van der Waals surface area contributed by atoms with E-state index in [0.29, 0.717) is 38.6 Å². The number of aliphatic hydroxyl groups excluding tert-OH is 1. The molecule has 0 bridgehead atoms. The average Bonchev–Trinajstić information content (AvgIpc) is 3.16. The number of nitrogens with zero attached hydrogens (tertiary/aromatic N) is 2. The highest BCUT2D eigenvalue weighted by Crippen LogP contribution is 2.55. The first-order chi connectivity index (χ1) is 25.6. The van der Waals surface area contributed by atoms with Crippen LogP contribution >= 0.6 is 23.2 Å². The molecule has 0 radical (unpaired) electrons. The van der Waals surface area contributed by atoms with Crippen LogP contribution in [0, 0.1) is 6.92 Å². The van der Waals surface area contributed by atoms with Gasteiger partial charge in [0.2, 0.25) is 0 Å². The number of phenols is 1. The van der Waals surface area contributed by atoms with Crippen molar-refractivity contribution in [2.24, 2.45) is 0 Å². The number of hydrogen-bond acceptors (Lipinski definition) is 8. The Balaban J connectivity index is 1.76. The molecule has 2 aliphatic rings. The number of hydrogen-bond donors (Lipinski definition) is 4. The lowest BCUT2D eigenvalue weighted by atomic mass is 9.82. The Morgan fingerprint density at radius 1 is 0.736 bits per heavy atom. The summed E-state index contributed by atoms with van der Waals surface area (Å²) in [5, 5.41) is 44.8. The van der Waals surface area contributed by atoms with Crippen LogP contribution in [-0.4, -0.2) is 36.4 Å². The van der Waals surface area contributed by atoms with Crippen LogP contribution in [0.15, 0.2) is 119 Å². The van der Waals surface area contributed by atoms with E-state index in [2.05, 4.69) is 9.97 Å². The zero-order valence-electron chi connectivity index (χ0n) is 27.6. The first kappa shape index (κ1) is 34.0. The molecule has 0 spiro atoms. The number of aromatic nitrogens is 2. The van der Waals surface area contributed by atoms with Gasteiger partial charge in [-0.25, -0.2) is 4.79 Å². The zero-order chi connectivity index (χ0) is 37.1. The van der Waals surface area contributed by atoms with Crippen LogP contribution in [0.25, 0.3) is 77.6 Å². The van der Waals surface area contributed by atoms with Gasteiger partial charge in [-0.05, 0) is 47.7 Å². The van der Waals surface area contributed by atoms with Gasteiger partial charge in [0.15, 0.2) is 11.7 Å². The number of carboxylic acid groups (broad SMARTS) is 1. The molecule has 8 rings (SSSR count). The second-order valence-electron chi connectivity index (χ2n) is 12.4. The van der Waals surface area contributed by atoms with Gasteiger partial charge in [-0.2, -0.15) is 0 Å². The third kappa shape index (κ3) is 5.41. The van der Waals surface area contributed by atoms with Crippen LogP contribution in [0.5, 0.6) is 5.75 Å². The van der Waals surface area contributed by atoms with Gasteiger partial charge in [0, 0.05) is 74.5 Å². The molecule has 11 heteroatoms. The molecule has 1 aliphatic heterocycles. The summed E-state index contributed by atoms with van der Waals surface area (Å²) in [6.45, 7) is 1.87. The van der Waals surface area contributed by atoms with E-state index in [0.717, 1.165) is 11.6 Å². The van der Waals surface area contributed by atoms with Crippen molar-refractivity contribution < 1.29 is 29.6 Å². The Morgan fingerprint density at radius 3 is 2.04 bits per heavy atom. The Kier molecular flexibility index (Phi) is 8.44. The third-order valence-electron chi connectivity index (χ3n) is 9.43. The van der Waals surface area contributed by atoms with E-state index in [1.165, 1.54) is 6.20 Å². The van der Waals surface area contributed by atoms with Crippen LogP contribution in [0.1, 0.15) is 27.8 Å². The predicted molar refractivity (Wildman–Crippen MR) is 205 cm³/mol. The van der Waals surface area contributed by atoms with E-state index in [1.807, 2.05) is 31.2 Å². The number of aromatic carboxylic acids is 1. The number of rotatable bonds is 6. The SMILES string of the molecule is Cc1ccccc1-c1c(O)c(-c2cccnc2)cc2c(-c3c(Cl)c(C(=O)O)cc(Cl)c3C(O)O)c3c4ccccc4c(=O)c(-c4cccnc4)c-3oc12. The maximum atomic E-state index is 14.5. The first-order valence-electron chi connectivity index (χ1n) is 16.3. The summed E-state index contributed by atoms with van der Waals surface area (Å²) < 4.78 is 6.92. The molecule has 0 amide bonds. The van der Waals surface area contributed by atoms with Crippen LogP contribution in [0.3, 0.4) is 0 Å². The Bertz CT molecular complexity index is 2800. The minimum absolute atomic E-state index is 0.0545. The number of benzene rings is 5. The second kappa shape index (κ2) is 13.1. The normalized spacial score (nSPS) is 11.6. The number of halogens is 2. The number of carboxylic acids is 1. The summed E-state index contributed by atoms with van der Waals surface area (Å²) in [5.41, 5.74) is 2.44. The first-order valence-corrected chi connectivity index (χ1v) is 17.0. The molecule has 4 aromatic carbocycles. The van der Waals surface area contributed by atoms with E-state index < -0.39 is 17.8 Å². The predicted octanol–water partition coefficient (Wildman–Crippen LogP) is 9.51. The highest BCUT2D eigenvalue weighted by molar-refractivity contribution is 6.40. The van der Waals surface area contributed by atoms with Gasteiger partial charge in [-0.1, -0.05) is 83.9 Å². The van der Waals surface area contributed by atoms with Gasteiger partial charge in [0.05, 0.1) is 26.7 Å². The Hall–Kier alpha value is -6.10. The van der Waals surface area contributed by atoms with Crippen molar-refractivity contribution in [3.05, 3.63) is 147 Å². The van der Waals surface area contributed by atoms with Crippen LogP contribution in [0.2, 0.25) is 10.0 Å². The minimum Gasteiger partial charge on any atom is -0.507 e. The highest BCUT2D eigenvalue weighted by atomic mass is 35.5. The standard InChI is InChI=1S/C42H26Cl2N2O7/c1-20-8-2-3-11-23(20)33-38(48)26(21-9-6-14-45-18-21)16-27-31(35-34(42(51)52)29(43)17-28(36(35)44)41(49)50)32-24-12-4-5-13-25(24)37(47)30(40(32)53-39(27)33)22-10-7-15-46-19-22/h2-19,42,48,51-52H,1H3,(H,49,50). The number of fused-ring (bicyclic) bond motifs is 4. The molecular formula is C42H26Cl2N2O7. The summed E-state index contributed by atoms with van der Waals surface area (Å²) >= 11 is 13.7. The molecule has 0 atom stereocenters. The fraction of sp³-hybridized carbons (Fsp3) is 0.0476. The molecule has 260 valence electrons. The Morgan fingerprint density at radius 2 is 1.40 bits per heavy atom. The summed E-state index contributed by atoms with van der Waals surface area (Å²) in [4.78, 5) is 35.7. The molecule has 2 aromatic heterocycles. The van der Waals surface area contributed by atoms with Gasteiger partial charge in [-0.3, -0.25) is 14.8 Å². The van der Waals surface area contributed by atoms with Gasteiger partial charge in [0.1, 0.15) is 17.1 Å². The number of phenolic OH excluding ortho intramolecular Hbond substituents is 1. The fourth-order valence-electron chi connectivity index (χ4n) is 7.09. The number of carbonyl (C=O) groups is 1. The van der Waals surface area contributed by atoms with Gasteiger partial charge < -0.3 is 24.8 Å². The van der Waals surface area contributed by atoms with Gasteiger partial charge >= 0.3 is 5.97 Å². The fourth-order valence-corrected chi connectivity index (χ4v) is 7.72. The maximum absolute atomic E-state index is 14.5. The number of pyridine rings is 2. The van der Waals surface area contributed by atoms with Crippen molar-refractivity contribution in [2.45, 2.75) is 13.2 Å². The lowest BCUT2D eigenvalue weighted by molar-refractivity contribution is -0.0419. The van der Waals surface area contributed by atoms with Crippen molar-refractivity contribution in [1.29, 1.82) is 0 Å². The quantitative estimate of drug-likeness (QED) is 0.0741. The largest absolute Gasteiger partial charge is 0.507 e. The molecule has 0 unspecified atom stereocenters. The number of aromatic hydroxyl groups is 1. The van der Waals surface area contributed by atoms with E-state index >= 15 is 0 Å². The highest BCUT2D eigenvalue weighted by Gasteiger charge is 2.34. The second-order valence-corrected chi connectivity index (χ2v) is 13.2. The molecule has 0 saturated heterocycles. The molecule has 6 aromatic rings. The topological polar surface area (TPSA) is 154 Å². The molecule has 4 N–H and O–H groups in total. The lowest BCUT2D eigenvalue weighted by Gasteiger charge is -2.26. The van der Waals surface area contributed by atoms with Gasteiger partial charge in [-0.15, -0.1) is 0 Å². The van der Waals surface area contributed by atoms with Crippen LogP contribution < -0.4 is 5.43 Å².